The summed E-state index contributed by atoms with van der Waals surface area (Å²) in [6, 6.07) is 5.58. The van der Waals surface area contributed by atoms with Gasteiger partial charge in [-0.25, -0.2) is 13.4 Å². The number of aryl methyl sites for hydroxylation is 1. The normalized spacial score (nSPS) is 14.9. The van der Waals surface area contributed by atoms with Crippen molar-refractivity contribution in [1.82, 2.24) is 29.7 Å². The van der Waals surface area contributed by atoms with Crippen molar-refractivity contribution in [3.05, 3.63) is 47.9 Å². The predicted molar refractivity (Wildman–Crippen MR) is 122 cm³/mol. The molecule has 0 atom stereocenters. The van der Waals surface area contributed by atoms with Crippen molar-refractivity contribution in [3.63, 3.8) is 0 Å². The van der Waals surface area contributed by atoms with Crippen molar-refractivity contribution in [2.24, 2.45) is 7.05 Å². The molecule has 1 saturated carbocycles. The summed E-state index contributed by atoms with van der Waals surface area (Å²) in [5.74, 6) is -5.11. The molecule has 0 N–H and O–H groups in total. The van der Waals surface area contributed by atoms with E-state index < -0.39 is 27.6 Å². The highest BCUT2D eigenvalue weighted by Gasteiger charge is 2.60. The first-order valence-corrected chi connectivity index (χ1v) is 12.8. The first-order chi connectivity index (χ1) is 17.3. The van der Waals surface area contributed by atoms with Crippen molar-refractivity contribution >= 4 is 21.0 Å². The summed E-state index contributed by atoms with van der Waals surface area (Å²) >= 11 is 0. The van der Waals surface area contributed by atoms with E-state index in [9.17, 15) is 30.4 Å². The standard InChI is InChI=1S/C23H19F5N6O2S/c1-3-37(35,36)17-8-14(15-7-6-13(10-29-15)12-4-5-12)11-30-19(17)21-31-16-9-18(22(24,25)23(26,27)28)32-33-20(16)34(21)2/h6-12H,3-5H2,1-2H3. The summed E-state index contributed by atoms with van der Waals surface area (Å²) < 4.78 is 93.3. The van der Waals surface area contributed by atoms with E-state index in [4.69, 9.17) is 0 Å². The second kappa shape index (κ2) is 8.50. The molecule has 8 nitrogen and oxygen atoms in total. The van der Waals surface area contributed by atoms with Crippen LogP contribution in [0.15, 0.2) is 41.6 Å². The number of pyridine rings is 2. The van der Waals surface area contributed by atoms with Crippen molar-refractivity contribution in [2.45, 2.75) is 42.7 Å². The van der Waals surface area contributed by atoms with E-state index >= 15 is 0 Å². The molecule has 194 valence electrons. The van der Waals surface area contributed by atoms with Crippen LogP contribution in [0.2, 0.25) is 0 Å². The van der Waals surface area contributed by atoms with Crippen LogP contribution in [0, 0.1) is 0 Å². The van der Waals surface area contributed by atoms with Gasteiger partial charge < -0.3 is 4.57 Å². The molecule has 0 aliphatic heterocycles. The Morgan fingerprint density at radius 2 is 1.76 bits per heavy atom. The summed E-state index contributed by atoms with van der Waals surface area (Å²) in [6.45, 7) is 1.44. The predicted octanol–water partition coefficient (Wildman–Crippen LogP) is 4.81. The number of alkyl halides is 5. The maximum absolute atomic E-state index is 13.8. The maximum Gasteiger partial charge on any atom is 0.459 e. The maximum atomic E-state index is 13.8. The lowest BCUT2D eigenvalue weighted by molar-refractivity contribution is -0.291. The zero-order chi connectivity index (χ0) is 26.8. The number of aromatic nitrogens is 6. The molecule has 0 amide bonds. The van der Waals surface area contributed by atoms with Gasteiger partial charge in [-0.15, -0.1) is 10.2 Å². The first-order valence-electron chi connectivity index (χ1n) is 11.2. The smallest absolute Gasteiger partial charge is 0.309 e. The number of nitrogens with zero attached hydrogens (tertiary/aromatic N) is 6. The van der Waals surface area contributed by atoms with E-state index in [1.54, 1.807) is 12.3 Å². The Bertz CT molecular complexity index is 1610. The van der Waals surface area contributed by atoms with Crippen LogP contribution in [0.25, 0.3) is 33.9 Å². The molecular weight excluding hydrogens is 519 g/mol. The third kappa shape index (κ3) is 4.32. The molecule has 4 heterocycles. The molecule has 0 spiro atoms. The molecule has 0 aromatic carbocycles. The summed E-state index contributed by atoms with van der Waals surface area (Å²) in [4.78, 5) is 12.6. The average Bonchev–Trinajstić information content (AvgIpc) is 3.66. The third-order valence-electron chi connectivity index (χ3n) is 6.20. The highest BCUT2D eigenvalue weighted by atomic mass is 32.2. The lowest BCUT2D eigenvalue weighted by atomic mass is 10.1. The number of fused-ring (bicyclic) bond motifs is 1. The lowest BCUT2D eigenvalue weighted by Crippen LogP contribution is -2.34. The second-order valence-corrected chi connectivity index (χ2v) is 11.0. The fourth-order valence-corrected chi connectivity index (χ4v) is 4.93. The molecule has 4 aromatic rings. The number of hydrogen-bond donors (Lipinski definition) is 0. The summed E-state index contributed by atoms with van der Waals surface area (Å²) in [5, 5.41) is 6.54. The molecular formula is C23H19F5N6O2S. The highest BCUT2D eigenvalue weighted by Crippen LogP contribution is 2.43. The molecule has 0 radical (unpaired) electrons. The fourth-order valence-electron chi connectivity index (χ4n) is 3.88. The van der Waals surface area contributed by atoms with Gasteiger partial charge in [0.1, 0.15) is 16.9 Å². The molecule has 0 unspecified atom stereocenters. The summed E-state index contributed by atoms with van der Waals surface area (Å²) in [5.41, 5.74) is -0.137. The fraction of sp³-hybridized carbons (Fsp3) is 0.348. The van der Waals surface area contributed by atoms with Crippen LogP contribution >= 0.6 is 0 Å². The van der Waals surface area contributed by atoms with Crippen LogP contribution in [-0.2, 0) is 22.8 Å². The molecule has 37 heavy (non-hydrogen) atoms. The molecule has 4 aromatic heterocycles. The van der Waals surface area contributed by atoms with E-state index in [0.29, 0.717) is 23.2 Å². The molecule has 0 saturated heterocycles. The Morgan fingerprint density at radius 3 is 2.35 bits per heavy atom. The molecule has 5 rings (SSSR count). The van der Waals surface area contributed by atoms with Crippen LogP contribution in [0.3, 0.4) is 0 Å². The zero-order valence-corrected chi connectivity index (χ0v) is 20.3. The van der Waals surface area contributed by atoms with Gasteiger partial charge in [0.15, 0.2) is 21.3 Å². The van der Waals surface area contributed by atoms with E-state index in [0.717, 1.165) is 18.4 Å². The molecule has 0 bridgehead atoms. The minimum atomic E-state index is -5.88. The topological polar surface area (TPSA) is 104 Å². The van der Waals surface area contributed by atoms with Crippen molar-refractivity contribution < 1.29 is 30.4 Å². The number of imidazole rings is 1. The van der Waals surface area contributed by atoms with Gasteiger partial charge in [0.2, 0.25) is 0 Å². The van der Waals surface area contributed by atoms with Crippen molar-refractivity contribution in [3.8, 4) is 22.8 Å². The van der Waals surface area contributed by atoms with Crippen LogP contribution in [0.1, 0.15) is 36.9 Å². The Kier molecular flexibility index (Phi) is 5.77. The Morgan fingerprint density at radius 1 is 1.03 bits per heavy atom. The van der Waals surface area contributed by atoms with E-state index in [1.807, 2.05) is 6.07 Å². The van der Waals surface area contributed by atoms with Crippen LogP contribution in [0.4, 0.5) is 22.0 Å². The van der Waals surface area contributed by atoms with Crippen molar-refractivity contribution in [2.75, 3.05) is 5.75 Å². The Labute approximate surface area is 207 Å². The zero-order valence-electron chi connectivity index (χ0n) is 19.5. The monoisotopic (exact) mass is 538 g/mol. The van der Waals surface area contributed by atoms with Gasteiger partial charge in [-0.1, -0.05) is 13.0 Å². The number of sulfone groups is 1. The van der Waals surface area contributed by atoms with Crippen LogP contribution in [0.5, 0.6) is 0 Å². The second-order valence-electron chi connectivity index (χ2n) is 8.73. The molecule has 1 aliphatic rings. The van der Waals surface area contributed by atoms with Gasteiger partial charge in [0, 0.05) is 25.0 Å². The van der Waals surface area contributed by atoms with E-state index in [2.05, 4.69) is 25.1 Å². The van der Waals surface area contributed by atoms with Gasteiger partial charge in [-0.3, -0.25) is 9.97 Å². The Balaban J connectivity index is 1.63. The molecule has 1 aliphatic carbocycles. The largest absolute Gasteiger partial charge is 0.459 e. The highest BCUT2D eigenvalue weighted by molar-refractivity contribution is 7.91. The lowest BCUT2D eigenvalue weighted by Gasteiger charge is -2.17. The van der Waals surface area contributed by atoms with Gasteiger partial charge in [-0.05, 0) is 42.5 Å². The molecule has 14 heteroatoms. The number of rotatable bonds is 6. The molecule has 1 fully saturated rings. The van der Waals surface area contributed by atoms with Gasteiger partial charge in [0.25, 0.3) is 0 Å². The third-order valence-corrected chi connectivity index (χ3v) is 7.95. The summed E-state index contributed by atoms with van der Waals surface area (Å²) in [7, 11) is -2.47. The van der Waals surface area contributed by atoms with Gasteiger partial charge >= 0.3 is 12.1 Å². The van der Waals surface area contributed by atoms with Gasteiger partial charge in [-0.2, -0.15) is 22.0 Å². The average molecular weight is 539 g/mol. The Hall–Kier alpha value is -3.55. The first kappa shape index (κ1) is 25.1. The minimum Gasteiger partial charge on any atom is -0.309 e. The van der Waals surface area contributed by atoms with Crippen LogP contribution in [-0.4, -0.2) is 50.1 Å². The van der Waals surface area contributed by atoms with Crippen LogP contribution < -0.4 is 0 Å². The van der Waals surface area contributed by atoms with Crippen molar-refractivity contribution in [1.29, 1.82) is 0 Å². The minimum absolute atomic E-state index is 0.0904. The number of halogens is 5. The quantitative estimate of drug-likeness (QED) is 0.325. The van der Waals surface area contributed by atoms with Gasteiger partial charge in [0.05, 0.1) is 16.3 Å². The summed E-state index contributed by atoms with van der Waals surface area (Å²) in [6.07, 6.45) is -0.524. The van der Waals surface area contributed by atoms with E-state index in [1.165, 1.54) is 30.8 Å². The SMILES string of the molecule is CCS(=O)(=O)c1cc(-c2ccc(C3CC3)cn2)cnc1-c1nc2cc(C(F)(F)C(F)(F)F)nnc2n1C. The number of hydrogen-bond acceptors (Lipinski definition) is 7. The van der Waals surface area contributed by atoms with E-state index in [-0.39, 0.29) is 33.3 Å².